The molecule has 3 heterocycles. The molecule has 0 saturated carbocycles. The van der Waals surface area contributed by atoms with Crippen LogP contribution in [0.4, 0.5) is 20.3 Å². The van der Waals surface area contributed by atoms with Gasteiger partial charge >= 0.3 is 0 Å². The highest BCUT2D eigenvalue weighted by Crippen LogP contribution is 2.37. The largest absolute Gasteiger partial charge is 0.346 e. The first-order valence-corrected chi connectivity index (χ1v) is 7.92. The molecule has 25 heavy (non-hydrogen) atoms. The Morgan fingerprint density at radius 2 is 1.92 bits per heavy atom. The molecule has 0 radical (unpaired) electrons. The molecular formula is C19H16F2N4. The van der Waals surface area contributed by atoms with Crippen molar-refractivity contribution in [2.45, 2.75) is 6.54 Å². The fourth-order valence-corrected chi connectivity index (χ4v) is 3.05. The molecule has 0 atom stereocenters. The van der Waals surface area contributed by atoms with Gasteiger partial charge in [0.2, 0.25) is 0 Å². The van der Waals surface area contributed by atoms with Crippen molar-refractivity contribution >= 4 is 11.5 Å². The number of hydrogen-bond donors (Lipinski definition) is 0. The molecule has 3 aromatic rings. The zero-order chi connectivity index (χ0) is 17.4. The summed E-state index contributed by atoms with van der Waals surface area (Å²) in [6.07, 6.45) is 5.27. The van der Waals surface area contributed by atoms with Crippen molar-refractivity contribution in [2.24, 2.45) is 0 Å². The van der Waals surface area contributed by atoms with Gasteiger partial charge in [-0.2, -0.15) is 0 Å². The number of fused-ring (bicyclic) bond motifs is 1. The summed E-state index contributed by atoms with van der Waals surface area (Å²) in [5.41, 5.74) is 3.42. The number of hydrogen-bond acceptors (Lipinski definition) is 4. The quantitative estimate of drug-likeness (QED) is 0.726. The maximum absolute atomic E-state index is 13.5. The van der Waals surface area contributed by atoms with Gasteiger partial charge in [-0.1, -0.05) is 12.1 Å². The molecule has 0 amide bonds. The summed E-state index contributed by atoms with van der Waals surface area (Å²) in [4.78, 5) is 12.9. The Bertz CT molecular complexity index is 915. The number of aromatic nitrogens is 2. The van der Waals surface area contributed by atoms with E-state index in [1.807, 2.05) is 31.4 Å². The fraction of sp³-hybridized carbons (Fsp3) is 0.158. The summed E-state index contributed by atoms with van der Waals surface area (Å²) < 4.78 is 26.7. The molecule has 126 valence electrons. The van der Waals surface area contributed by atoms with Gasteiger partial charge in [0, 0.05) is 37.7 Å². The highest BCUT2D eigenvalue weighted by Gasteiger charge is 2.25. The highest BCUT2D eigenvalue weighted by molar-refractivity contribution is 5.78. The van der Waals surface area contributed by atoms with E-state index in [1.54, 1.807) is 18.5 Å². The van der Waals surface area contributed by atoms with E-state index in [0.29, 0.717) is 18.8 Å². The van der Waals surface area contributed by atoms with Crippen molar-refractivity contribution in [1.82, 2.24) is 9.97 Å². The molecule has 4 rings (SSSR count). The van der Waals surface area contributed by atoms with Gasteiger partial charge < -0.3 is 9.80 Å². The summed E-state index contributed by atoms with van der Waals surface area (Å²) in [6.45, 7) is 1.41. The molecule has 0 aliphatic carbocycles. The SMILES string of the molecule is CN1CN(Cc2cccnc2)c2cc(-c3ccc(F)c(F)c3)cnc21. The van der Waals surface area contributed by atoms with E-state index in [9.17, 15) is 8.78 Å². The van der Waals surface area contributed by atoms with Crippen LogP contribution in [0.5, 0.6) is 0 Å². The maximum Gasteiger partial charge on any atom is 0.159 e. The third-order valence-electron chi connectivity index (χ3n) is 4.28. The van der Waals surface area contributed by atoms with Crippen molar-refractivity contribution in [1.29, 1.82) is 0 Å². The van der Waals surface area contributed by atoms with Gasteiger partial charge in [-0.05, 0) is 35.4 Å². The molecule has 0 bridgehead atoms. The van der Waals surface area contributed by atoms with Gasteiger partial charge in [0.15, 0.2) is 17.5 Å². The van der Waals surface area contributed by atoms with Crippen molar-refractivity contribution in [3.63, 3.8) is 0 Å². The standard InChI is InChI=1S/C19H16F2N4/c1-24-12-25(11-13-3-2-6-22-9-13)18-8-15(10-23-19(18)24)14-4-5-16(20)17(21)7-14/h2-10H,11-12H2,1H3. The van der Waals surface area contributed by atoms with Crippen molar-refractivity contribution in [3.8, 4) is 11.1 Å². The van der Waals surface area contributed by atoms with Crippen LogP contribution in [0.25, 0.3) is 11.1 Å². The van der Waals surface area contributed by atoms with Gasteiger partial charge in [-0.3, -0.25) is 4.98 Å². The number of pyridine rings is 2. The van der Waals surface area contributed by atoms with Gasteiger partial charge in [0.1, 0.15) is 0 Å². The number of nitrogens with zero attached hydrogens (tertiary/aromatic N) is 4. The van der Waals surface area contributed by atoms with Crippen LogP contribution in [0.3, 0.4) is 0 Å². The predicted octanol–water partition coefficient (Wildman–Crippen LogP) is 3.84. The number of benzene rings is 1. The second-order valence-corrected chi connectivity index (χ2v) is 6.09. The Hall–Kier alpha value is -3.02. The predicted molar refractivity (Wildman–Crippen MR) is 93.3 cm³/mol. The smallest absolute Gasteiger partial charge is 0.159 e. The molecule has 1 aromatic carbocycles. The summed E-state index contributed by atoms with van der Waals surface area (Å²) in [5.74, 6) is -0.839. The summed E-state index contributed by atoms with van der Waals surface area (Å²) in [5, 5.41) is 0. The first kappa shape index (κ1) is 15.5. The van der Waals surface area contributed by atoms with Crippen molar-refractivity contribution in [3.05, 3.63) is 72.2 Å². The van der Waals surface area contributed by atoms with E-state index in [2.05, 4.69) is 19.8 Å². The van der Waals surface area contributed by atoms with Crippen LogP contribution in [0.1, 0.15) is 5.56 Å². The zero-order valence-electron chi connectivity index (χ0n) is 13.7. The van der Waals surface area contributed by atoms with E-state index >= 15 is 0 Å². The summed E-state index contributed by atoms with van der Waals surface area (Å²) in [6, 6.07) is 9.80. The number of rotatable bonds is 3. The molecule has 1 aliphatic rings. The molecule has 0 fully saturated rings. The fourth-order valence-electron chi connectivity index (χ4n) is 3.05. The molecule has 0 N–H and O–H groups in total. The third-order valence-corrected chi connectivity index (χ3v) is 4.28. The Morgan fingerprint density at radius 1 is 1.04 bits per heavy atom. The van der Waals surface area contributed by atoms with Crippen LogP contribution in [-0.2, 0) is 6.54 Å². The molecule has 1 aliphatic heterocycles. The normalized spacial score (nSPS) is 13.2. The topological polar surface area (TPSA) is 32.3 Å². The minimum Gasteiger partial charge on any atom is -0.346 e. The van der Waals surface area contributed by atoms with Crippen LogP contribution < -0.4 is 9.80 Å². The van der Waals surface area contributed by atoms with Crippen LogP contribution in [0, 0.1) is 11.6 Å². The second-order valence-electron chi connectivity index (χ2n) is 6.09. The average Bonchev–Trinajstić information content (AvgIpc) is 2.93. The number of halogens is 2. The molecule has 6 heteroatoms. The lowest BCUT2D eigenvalue weighted by Gasteiger charge is -2.19. The van der Waals surface area contributed by atoms with Crippen molar-refractivity contribution < 1.29 is 8.78 Å². The highest BCUT2D eigenvalue weighted by atomic mass is 19.2. The first-order chi connectivity index (χ1) is 12.1. The summed E-state index contributed by atoms with van der Waals surface area (Å²) >= 11 is 0. The maximum atomic E-state index is 13.5. The van der Waals surface area contributed by atoms with Crippen LogP contribution in [-0.4, -0.2) is 23.7 Å². The van der Waals surface area contributed by atoms with Crippen LogP contribution in [0.2, 0.25) is 0 Å². The van der Waals surface area contributed by atoms with E-state index in [0.717, 1.165) is 28.7 Å². The molecule has 0 spiro atoms. The lowest BCUT2D eigenvalue weighted by atomic mass is 10.1. The van der Waals surface area contributed by atoms with Gasteiger partial charge in [-0.15, -0.1) is 0 Å². The third kappa shape index (κ3) is 2.91. The Kier molecular flexibility index (Phi) is 3.80. The van der Waals surface area contributed by atoms with E-state index in [-0.39, 0.29) is 0 Å². The van der Waals surface area contributed by atoms with Gasteiger partial charge in [-0.25, -0.2) is 13.8 Å². The zero-order valence-corrected chi connectivity index (χ0v) is 13.7. The molecule has 4 nitrogen and oxygen atoms in total. The summed E-state index contributed by atoms with van der Waals surface area (Å²) in [7, 11) is 1.98. The van der Waals surface area contributed by atoms with Crippen LogP contribution >= 0.6 is 0 Å². The van der Waals surface area contributed by atoms with E-state index in [4.69, 9.17) is 0 Å². The second kappa shape index (κ2) is 6.12. The Labute approximate surface area is 144 Å². The lowest BCUT2D eigenvalue weighted by Crippen LogP contribution is -2.27. The number of anilines is 2. The Morgan fingerprint density at radius 3 is 2.68 bits per heavy atom. The molecule has 0 saturated heterocycles. The molecule has 2 aromatic heterocycles. The first-order valence-electron chi connectivity index (χ1n) is 7.92. The lowest BCUT2D eigenvalue weighted by molar-refractivity contribution is 0.509. The van der Waals surface area contributed by atoms with E-state index < -0.39 is 11.6 Å². The monoisotopic (exact) mass is 338 g/mol. The average molecular weight is 338 g/mol. The molecular weight excluding hydrogens is 322 g/mol. The minimum absolute atomic E-state index is 0.602. The molecule has 0 unspecified atom stereocenters. The van der Waals surface area contributed by atoms with E-state index in [1.165, 1.54) is 6.07 Å². The van der Waals surface area contributed by atoms with Crippen molar-refractivity contribution in [2.75, 3.05) is 23.5 Å². The van der Waals surface area contributed by atoms with Gasteiger partial charge in [0.25, 0.3) is 0 Å². The Balaban J connectivity index is 1.70. The van der Waals surface area contributed by atoms with Gasteiger partial charge in [0.05, 0.1) is 12.4 Å². The minimum atomic E-state index is -0.859. The van der Waals surface area contributed by atoms with Crippen LogP contribution in [0.15, 0.2) is 55.0 Å².